The Bertz CT molecular complexity index is 289. The monoisotopic (exact) mass is 210 g/mol. The van der Waals surface area contributed by atoms with Crippen LogP contribution < -0.4 is 10.2 Å². The fourth-order valence-corrected chi connectivity index (χ4v) is 2.99. The molecule has 0 radical (unpaired) electrons. The summed E-state index contributed by atoms with van der Waals surface area (Å²) in [6, 6.07) is 2.89. The number of hydrogen-bond donors (Lipinski definition) is 1. The van der Waals surface area contributed by atoms with Crippen molar-refractivity contribution in [2.24, 2.45) is 0 Å². The van der Waals surface area contributed by atoms with Crippen LogP contribution in [0.15, 0.2) is 11.4 Å². The zero-order valence-electron chi connectivity index (χ0n) is 8.92. The lowest BCUT2D eigenvalue weighted by Crippen LogP contribution is -2.35. The van der Waals surface area contributed by atoms with E-state index in [2.05, 4.69) is 35.6 Å². The predicted molar refractivity (Wildman–Crippen MR) is 63.4 cm³/mol. The van der Waals surface area contributed by atoms with Gasteiger partial charge in [-0.3, -0.25) is 0 Å². The van der Waals surface area contributed by atoms with Crippen LogP contribution in [0.3, 0.4) is 0 Å². The molecule has 2 nitrogen and oxygen atoms in total. The number of likely N-dealkylation sites (N-methyl/N-ethyl adjacent to an activating group) is 1. The average molecular weight is 210 g/mol. The van der Waals surface area contributed by atoms with Gasteiger partial charge < -0.3 is 10.2 Å². The van der Waals surface area contributed by atoms with Crippen LogP contribution in [-0.4, -0.2) is 26.2 Å². The second kappa shape index (κ2) is 4.32. The first-order valence-corrected chi connectivity index (χ1v) is 6.14. The maximum atomic E-state index is 3.53. The molecule has 1 aliphatic rings. The van der Waals surface area contributed by atoms with Crippen LogP contribution in [0.5, 0.6) is 0 Å². The van der Waals surface area contributed by atoms with E-state index in [1.165, 1.54) is 30.0 Å². The molecule has 0 aromatic carbocycles. The average Bonchev–Trinajstić information content (AvgIpc) is 2.75. The molecule has 0 saturated carbocycles. The summed E-state index contributed by atoms with van der Waals surface area (Å²) in [6.07, 6.45) is 2.66. The van der Waals surface area contributed by atoms with E-state index in [9.17, 15) is 0 Å². The Labute approximate surface area is 89.9 Å². The molecule has 78 valence electrons. The lowest BCUT2D eigenvalue weighted by atomic mass is 10.2. The van der Waals surface area contributed by atoms with Crippen LogP contribution in [0.1, 0.15) is 18.4 Å². The van der Waals surface area contributed by atoms with Crippen molar-refractivity contribution in [3.63, 3.8) is 0 Å². The van der Waals surface area contributed by atoms with Gasteiger partial charge in [-0.05, 0) is 43.3 Å². The van der Waals surface area contributed by atoms with Gasteiger partial charge in [0.25, 0.3) is 0 Å². The highest BCUT2D eigenvalue weighted by molar-refractivity contribution is 7.14. The molecule has 1 fully saturated rings. The minimum atomic E-state index is 0.696. The van der Waals surface area contributed by atoms with Crippen molar-refractivity contribution in [2.45, 2.75) is 25.8 Å². The molecule has 0 spiro atoms. The minimum absolute atomic E-state index is 0.696. The third-order valence-electron chi connectivity index (χ3n) is 2.84. The molecule has 1 aromatic heterocycles. The maximum absolute atomic E-state index is 3.53. The molecule has 1 aromatic rings. The number of rotatable bonds is 3. The Morgan fingerprint density at radius 1 is 1.64 bits per heavy atom. The number of aryl methyl sites for hydroxylation is 1. The van der Waals surface area contributed by atoms with E-state index in [4.69, 9.17) is 0 Å². The van der Waals surface area contributed by atoms with Crippen molar-refractivity contribution in [1.29, 1.82) is 0 Å². The van der Waals surface area contributed by atoms with Crippen molar-refractivity contribution in [1.82, 2.24) is 5.32 Å². The highest BCUT2D eigenvalue weighted by Crippen LogP contribution is 2.26. The number of nitrogens with one attached hydrogen (secondary N) is 1. The molecule has 2 rings (SSSR count). The summed E-state index contributed by atoms with van der Waals surface area (Å²) < 4.78 is 0. The van der Waals surface area contributed by atoms with Crippen LogP contribution in [0.25, 0.3) is 0 Å². The van der Waals surface area contributed by atoms with Crippen molar-refractivity contribution < 1.29 is 0 Å². The van der Waals surface area contributed by atoms with Gasteiger partial charge in [0.2, 0.25) is 0 Å². The van der Waals surface area contributed by atoms with Crippen LogP contribution in [0.4, 0.5) is 5.00 Å². The normalized spacial score (nSPS) is 21.4. The van der Waals surface area contributed by atoms with Crippen molar-refractivity contribution in [2.75, 3.05) is 25.0 Å². The van der Waals surface area contributed by atoms with Gasteiger partial charge in [0.15, 0.2) is 0 Å². The zero-order chi connectivity index (χ0) is 9.97. The molecule has 1 unspecified atom stereocenters. The topological polar surface area (TPSA) is 15.3 Å². The van der Waals surface area contributed by atoms with Gasteiger partial charge in [0.05, 0.1) is 5.00 Å². The lowest BCUT2D eigenvalue weighted by molar-refractivity contribution is 0.601. The summed E-state index contributed by atoms with van der Waals surface area (Å²) in [4.78, 5) is 2.38. The first-order valence-electron chi connectivity index (χ1n) is 5.26. The largest absolute Gasteiger partial charge is 0.365 e. The second-order valence-corrected chi connectivity index (χ2v) is 4.98. The Morgan fingerprint density at radius 3 is 3.07 bits per heavy atom. The Balaban J connectivity index is 1.95. The highest BCUT2D eigenvalue weighted by Gasteiger charge is 2.17. The Hall–Kier alpha value is -0.540. The van der Waals surface area contributed by atoms with Gasteiger partial charge in [0.1, 0.15) is 0 Å². The Kier molecular flexibility index (Phi) is 3.08. The summed E-state index contributed by atoms with van der Waals surface area (Å²) >= 11 is 1.84. The smallest absolute Gasteiger partial charge is 0.0936 e. The van der Waals surface area contributed by atoms with E-state index in [0.717, 1.165) is 6.54 Å². The fourth-order valence-electron chi connectivity index (χ4n) is 2.08. The molecule has 1 saturated heterocycles. The van der Waals surface area contributed by atoms with Gasteiger partial charge in [-0.25, -0.2) is 0 Å². The number of nitrogens with zero attached hydrogens (tertiary/aromatic N) is 1. The first kappa shape index (κ1) is 9.99. The molecule has 14 heavy (non-hydrogen) atoms. The maximum Gasteiger partial charge on any atom is 0.0936 e. The lowest BCUT2D eigenvalue weighted by Gasteiger charge is -2.22. The van der Waals surface area contributed by atoms with E-state index in [-0.39, 0.29) is 0 Å². The molecule has 2 heterocycles. The minimum Gasteiger partial charge on any atom is -0.365 e. The molecule has 3 heteroatoms. The van der Waals surface area contributed by atoms with Crippen LogP contribution in [0, 0.1) is 6.92 Å². The molecule has 0 bridgehead atoms. The van der Waals surface area contributed by atoms with Gasteiger partial charge in [-0.2, -0.15) is 0 Å². The highest BCUT2D eigenvalue weighted by atomic mass is 32.1. The third kappa shape index (κ3) is 2.10. The van der Waals surface area contributed by atoms with E-state index in [1.54, 1.807) is 0 Å². The first-order chi connectivity index (χ1) is 6.77. The zero-order valence-corrected chi connectivity index (χ0v) is 9.73. The summed E-state index contributed by atoms with van der Waals surface area (Å²) in [6.45, 7) is 4.52. The summed E-state index contributed by atoms with van der Waals surface area (Å²) in [5.74, 6) is 0. The molecule has 1 N–H and O–H groups in total. The molecular formula is C11H18N2S. The Morgan fingerprint density at radius 2 is 2.50 bits per heavy atom. The van der Waals surface area contributed by atoms with Crippen LogP contribution in [-0.2, 0) is 0 Å². The SMILES string of the molecule is Cc1ccsc1N(C)CC1CCCN1. The summed E-state index contributed by atoms with van der Waals surface area (Å²) in [5.41, 5.74) is 1.40. The van der Waals surface area contributed by atoms with Gasteiger partial charge >= 0.3 is 0 Å². The quantitative estimate of drug-likeness (QED) is 0.823. The number of hydrogen-bond acceptors (Lipinski definition) is 3. The number of anilines is 1. The van der Waals surface area contributed by atoms with E-state index < -0.39 is 0 Å². The van der Waals surface area contributed by atoms with Gasteiger partial charge in [0, 0.05) is 19.6 Å². The molecule has 0 aliphatic carbocycles. The van der Waals surface area contributed by atoms with Gasteiger partial charge in [-0.15, -0.1) is 11.3 Å². The summed E-state index contributed by atoms with van der Waals surface area (Å²) in [7, 11) is 2.19. The molecule has 0 amide bonds. The number of thiophene rings is 1. The standard InChI is InChI=1S/C11H18N2S/c1-9-5-7-14-11(9)13(2)8-10-4-3-6-12-10/h5,7,10,12H,3-4,6,8H2,1-2H3. The fraction of sp³-hybridized carbons (Fsp3) is 0.636. The van der Waals surface area contributed by atoms with E-state index >= 15 is 0 Å². The third-order valence-corrected chi connectivity index (χ3v) is 3.97. The van der Waals surface area contributed by atoms with Crippen molar-refractivity contribution in [3.8, 4) is 0 Å². The predicted octanol–water partition coefficient (Wildman–Crippen LogP) is 2.24. The molecule has 1 atom stereocenters. The van der Waals surface area contributed by atoms with Crippen LogP contribution in [0.2, 0.25) is 0 Å². The van der Waals surface area contributed by atoms with E-state index in [1.807, 2.05) is 11.3 Å². The summed E-state index contributed by atoms with van der Waals surface area (Å²) in [5, 5.41) is 7.12. The second-order valence-electron chi connectivity index (χ2n) is 4.08. The molecular weight excluding hydrogens is 192 g/mol. The molecule has 1 aliphatic heterocycles. The van der Waals surface area contributed by atoms with Crippen molar-refractivity contribution >= 4 is 16.3 Å². The van der Waals surface area contributed by atoms with Crippen LogP contribution >= 0.6 is 11.3 Å². The van der Waals surface area contributed by atoms with Gasteiger partial charge in [-0.1, -0.05) is 0 Å². The van der Waals surface area contributed by atoms with E-state index in [0.29, 0.717) is 6.04 Å². The van der Waals surface area contributed by atoms with Crippen molar-refractivity contribution in [3.05, 3.63) is 17.0 Å².